The van der Waals surface area contributed by atoms with Gasteiger partial charge in [0.2, 0.25) is 5.91 Å². The first-order chi connectivity index (χ1) is 6.77. The molecule has 0 saturated heterocycles. The van der Waals surface area contributed by atoms with Crippen LogP contribution in [0.25, 0.3) is 0 Å². The Kier molecular flexibility index (Phi) is 5.43. The van der Waals surface area contributed by atoms with Crippen molar-refractivity contribution in [2.24, 2.45) is 11.3 Å². The number of rotatable bonds is 4. The van der Waals surface area contributed by atoms with Gasteiger partial charge in [-0.25, -0.2) is 0 Å². The van der Waals surface area contributed by atoms with Crippen LogP contribution in [-0.2, 0) is 4.79 Å². The second kappa shape index (κ2) is 5.80. The van der Waals surface area contributed by atoms with Crippen LogP contribution in [0.4, 0.5) is 0 Å². The van der Waals surface area contributed by atoms with Gasteiger partial charge in [0, 0.05) is 18.9 Å². The van der Waals surface area contributed by atoms with Crippen LogP contribution in [0.15, 0.2) is 0 Å². The van der Waals surface area contributed by atoms with Crippen LogP contribution in [0.2, 0.25) is 0 Å². The van der Waals surface area contributed by atoms with Gasteiger partial charge in [-0.2, -0.15) is 0 Å². The molecule has 0 aliphatic carbocycles. The standard InChI is InChI=1S/C13H23NO/c1-7-8-11(3)14-12(15)9-10(2)13(4,5)6/h1,10-11H,8-9H2,2-6H3,(H,14,15). The van der Waals surface area contributed by atoms with Crippen LogP contribution in [0.3, 0.4) is 0 Å². The average Bonchev–Trinajstić information content (AvgIpc) is 2.01. The van der Waals surface area contributed by atoms with Gasteiger partial charge in [-0.15, -0.1) is 12.3 Å². The fourth-order valence-corrected chi connectivity index (χ4v) is 1.15. The zero-order chi connectivity index (χ0) is 12.1. The first-order valence-electron chi connectivity index (χ1n) is 5.50. The minimum absolute atomic E-state index is 0.0784. The molecule has 1 N–H and O–H groups in total. The van der Waals surface area contributed by atoms with Crippen LogP contribution in [-0.4, -0.2) is 11.9 Å². The topological polar surface area (TPSA) is 29.1 Å². The molecule has 0 saturated carbocycles. The number of nitrogens with one attached hydrogen (secondary N) is 1. The molecule has 0 aliphatic heterocycles. The van der Waals surface area contributed by atoms with Crippen LogP contribution >= 0.6 is 0 Å². The normalized spacial score (nSPS) is 15.2. The fourth-order valence-electron chi connectivity index (χ4n) is 1.15. The van der Waals surface area contributed by atoms with Crippen LogP contribution in [0.1, 0.15) is 47.5 Å². The highest BCUT2D eigenvalue weighted by Gasteiger charge is 2.22. The predicted octanol–water partition coefficient (Wildman–Crippen LogP) is 2.59. The molecule has 0 radical (unpaired) electrons. The molecular formula is C13H23NO. The van der Waals surface area contributed by atoms with Crippen molar-refractivity contribution in [3.8, 4) is 12.3 Å². The van der Waals surface area contributed by atoms with Gasteiger partial charge in [0.1, 0.15) is 0 Å². The lowest BCUT2D eigenvalue weighted by Crippen LogP contribution is -2.35. The first kappa shape index (κ1) is 14.0. The van der Waals surface area contributed by atoms with Gasteiger partial charge in [-0.3, -0.25) is 4.79 Å². The van der Waals surface area contributed by atoms with E-state index >= 15 is 0 Å². The van der Waals surface area contributed by atoms with Crippen molar-refractivity contribution in [2.45, 2.75) is 53.5 Å². The van der Waals surface area contributed by atoms with Gasteiger partial charge in [-0.1, -0.05) is 27.7 Å². The minimum Gasteiger partial charge on any atom is -0.353 e. The summed E-state index contributed by atoms with van der Waals surface area (Å²) < 4.78 is 0. The summed E-state index contributed by atoms with van der Waals surface area (Å²) in [6, 6.07) is 0.0784. The molecule has 0 rings (SSSR count). The van der Waals surface area contributed by atoms with E-state index < -0.39 is 0 Å². The Morgan fingerprint density at radius 1 is 1.40 bits per heavy atom. The molecule has 0 fully saturated rings. The highest BCUT2D eigenvalue weighted by atomic mass is 16.1. The van der Waals surface area contributed by atoms with Gasteiger partial charge >= 0.3 is 0 Å². The maximum atomic E-state index is 11.6. The second-order valence-electron chi connectivity index (χ2n) is 5.35. The summed E-state index contributed by atoms with van der Waals surface area (Å²) >= 11 is 0. The maximum Gasteiger partial charge on any atom is 0.220 e. The van der Waals surface area contributed by atoms with Crippen LogP contribution < -0.4 is 5.32 Å². The smallest absolute Gasteiger partial charge is 0.220 e. The molecule has 2 heteroatoms. The van der Waals surface area contributed by atoms with E-state index in [1.165, 1.54) is 0 Å². The Labute approximate surface area is 93.8 Å². The van der Waals surface area contributed by atoms with E-state index in [0.717, 1.165) is 0 Å². The molecule has 2 atom stereocenters. The molecule has 2 unspecified atom stereocenters. The van der Waals surface area contributed by atoms with Gasteiger partial charge in [0.05, 0.1) is 0 Å². The lowest BCUT2D eigenvalue weighted by Gasteiger charge is -2.27. The van der Waals surface area contributed by atoms with Crippen molar-refractivity contribution in [1.82, 2.24) is 5.32 Å². The van der Waals surface area contributed by atoms with E-state index in [9.17, 15) is 4.79 Å². The first-order valence-corrected chi connectivity index (χ1v) is 5.50. The zero-order valence-corrected chi connectivity index (χ0v) is 10.6. The van der Waals surface area contributed by atoms with Crippen molar-refractivity contribution in [3.63, 3.8) is 0 Å². The lowest BCUT2D eigenvalue weighted by molar-refractivity contribution is -0.123. The second-order valence-corrected chi connectivity index (χ2v) is 5.35. The average molecular weight is 209 g/mol. The van der Waals surface area contributed by atoms with E-state index in [4.69, 9.17) is 6.42 Å². The van der Waals surface area contributed by atoms with Gasteiger partial charge in [0.15, 0.2) is 0 Å². The Morgan fingerprint density at radius 3 is 2.33 bits per heavy atom. The molecule has 0 aromatic heterocycles. The predicted molar refractivity (Wildman–Crippen MR) is 64.3 cm³/mol. The Morgan fingerprint density at radius 2 is 1.93 bits per heavy atom. The van der Waals surface area contributed by atoms with Gasteiger partial charge in [0.25, 0.3) is 0 Å². The SMILES string of the molecule is C#CCC(C)NC(=O)CC(C)C(C)(C)C. The quantitative estimate of drug-likeness (QED) is 0.708. The largest absolute Gasteiger partial charge is 0.353 e. The van der Waals surface area contributed by atoms with Crippen molar-refractivity contribution in [2.75, 3.05) is 0 Å². The van der Waals surface area contributed by atoms with E-state index in [-0.39, 0.29) is 17.4 Å². The number of carbonyl (C=O) groups is 1. The van der Waals surface area contributed by atoms with Crippen molar-refractivity contribution in [3.05, 3.63) is 0 Å². The molecule has 0 aliphatic rings. The van der Waals surface area contributed by atoms with Gasteiger partial charge in [-0.05, 0) is 18.3 Å². The third-order valence-corrected chi connectivity index (χ3v) is 2.80. The summed E-state index contributed by atoms with van der Waals surface area (Å²) in [6.07, 6.45) is 6.34. The van der Waals surface area contributed by atoms with Crippen LogP contribution in [0.5, 0.6) is 0 Å². The summed E-state index contributed by atoms with van der Waals surface area (Å²) in [7, 11) is 0. The fraction of sp³-hybridized carbons (Fsp3) is 0.769. The summed E-state index contributed by atoms with van der Waals surface area (Å²) in [5, 5.41) is 2.90. The molecule has 0 aromatic rings. The molecule has 0 aromatic carbocycles. The molecule has 0 spiro atoms. The molecule has 1 amide bonds. The zero-order valence-electron chi connectivity index (χ0n) is 10.6. The third-order valence-electron chi connectivity index (χ3n) is 2.80. The summed E-state index contributed by atoms with van der Waals surface area (Å²) in [5.74, 6) is 3.01. The summed E-state index contributed by atoms with van der Waals surface area (Å²) in [5.41, 5.74) is 0.173. The highest BCUT2D eigenvalue weighted by molar-refractivity contribution is 5.76. The van der Waals surface area contributed by atoms with E-state index in [0.29, 0.717) is 18.8 Å². The maximum absolute atomic E-state index is 11.6. The van der Waals surface area contributed by atoms with Crippen molar-refractivity contribution >= 4 is 5.91 Å². The summed E-state index contributed by atoms with van der Waals surface area (Å²) in [6.45, 7) is 10.5. The Bertz CT molecular complexity index is 244. The van der Waals surface area contributed by atoms with Crippen molar-refractivity contribution in [1.29, 1.82) is 0 Å². The van der Waals surface area contributed by atoms with E-state index in [1.54, 1.807) is 0 Å². The van der Waals surface area contributed by atoms with Crippen molar-refractivity contribution < 1.29 is 4.79 Å². The molecule has 86 valence electrons. The van der Waals surface area contributed by atoms with E-state index in [1.807, 2.05) is 6.92 Å². The number of carbonyl (C=O) groups excluding carboxylic acids is 1. The van der Waals surface area contributed by atoms with E-state index in [2.05, 4.69) is 38.9 Å². The number of hydrogen-bond donors (Lipinski definition) is 1. The Hall–Kier alpha value is -0.970. The lowest BCUT2D eigenvalue weighted by atomic mass is 9.80. The molecule has 0 bridgehead atoms. The van der Waals surface area contributed by atoms with Crippen LogP contribution in [0, 0.1) is 23.7 Å². The third kappa shape index (κ3) is 6.17. The monoisotopic (exact) mass is 209 g/mol. The molecule has 0 heterocycles. The minimum atomic E-state index is 0.0784. The molecular weight excluding hydrogens is 186 g/mol. The number of terminal acetylenes is 1. The molecule has 15 heavy (non-hydrogen) atoms. The number of hydrogen-bond acceptors (Lipinski definition) is 1. The van der Waals surface area contributed by atoms with Gasteiger partial charge < -0.3 is 5.32 Å². The summed E-state index contributed by atoms with van der Waals surface area (Å²) in [4.78, 5) is 11.6. The highest BCUT2D eigenvalue weighted by Crippen LogP contribution is 2.27. The molecule has 2 nitrogen and oxygen atoms in total. The number of amides is 1. The Balaban J connectivity index is 4.00.